The highest BCUT2D eigenvalue weighted by atomic mass is 32.2. The summed E-state index contributed by atoms with van der Waals surface area (Å²) < 4.78 is 0. The summed E-state index contributed by atoms with van der Waals surface area (Å²) >= 11 is 1.83. The predicted molar refractivity (Wildman–Crippen MR) is 79.3 cm³/mol. The molecular formula is C17H14S. The number of fused-ring (bicyclic) bond motifs is 1. The van der Waals surface area contributed by atoms with Gasteiger partial charge in [0, 0.05) is 9.79 Å². The molecule has 0 aliphatic carbocycles. The van der Waals surface area contributed by atoms with Crippen molar-refractivity contribution in [3.8, 4) is 0 Å². The van der Waals surface area contributed by atoms with Crippen molar-refractivity contribution >= 4 is 22.5 Å². The fraction of sp³-hybridized carbons (Fsp3) is 0.0588. The molecule has 88 valence electrons. The molecule has 0 N–H and O–H groups in total. The van der Waals surface area contributed by atoms with E-state index in [1.165, 1.54) is 26.1 Å². The summed E-state index contributed by atoms with van der Waals surface area (Å²) in [7, 11) is 0. The highest BCUT2D eigenvalue weighted by molar-refractivity contribution is 7.99. The van der Waals surface area contributed by atoms with E-state index in [1.807, 2.05) is 11.8 Å². The molecule has 1 heteroatoms. The Morgan fingerprint density at radius 1 is 0.722 bits per heavy atom. The molecule has 0 aliphatic rings. The minimum Gasteiger partial charge on any atom is -0.0898 e. The van der Waals surface area contributed by atoms with Gasteiger partial charge in [-0.3, -0.25) is 0 Å². The Balaban J connectivity index is 2.05. The van der Waals surface area contributed by atoms with E-state index in [1.54, 1.807) is 0 Å². The standard InChI is InChI=1S/C17H14S/c1-13-16-10-6-5-7-14(16)11-12-17(13)18-15-8-3-2-4-9-15/h2-12H,1H3. The first kappa shape index (κ1) is 11.4. The van der Waals surface area contributed by atoms with Crippen LogP contribution in [0, 0.1) is 6.92 Å². The molecule has 0 atom stereocenters. The van der Waals surface area contributed by atoms with Crippen LogP contribution in [0.1, 0.15) is 5.56 Å². The van der Waals surface area contributed by atoms with E-state index in [0.717, 1.165) is 0 Å². The van der Waals surface area contributed by atoms with E-state index in [9.17, 15) is 0 Å². The molecule has 0 amide bonds. The van der Waals surface area contributed by atoms with E-state index in [0.29, 0.717) is 0 Å². The second-order valence-corrected chi connectivity index (χ2v) is 5.44. The molecule has 0 saturated carbocycles. The molecule has 0 radical (unpaired) electrons. The average molecular weight is 250 g/mol. The van der Waals surface area contributed by atoms with Gasteiger partial charge in [0.2, 0.25) is 0 Å². The summed E-state index contributed by atoms with van der Waals surface area (Å²) in [5, 5.41) is 2.66. The summed E-state index contributed by atoms with van der Waals surface area (Å²) in [6, 6.07) is 23.5. The number of aryl methyl sites for hydroxylation is 1. The van der Waals surface area contributed by atoms with E-state index in [-0.39, 0.29) is 0 Å². The van der Waals surface area contributed by atoms with Crippen LogP contribution >= 0.6 is 11.8 Å². The molecule has 3 aromatic carbocycles. The lowest BCUT2D eigenvalue weighted by atomic mass is 10.1. The molecule has 0 heterocycles. The topological polar surface area (TPSA) is 0 Å². The van der Waals surface area contributed by atoms with E-state index in [4.69, 9.17) is 0 Å². The minimum absolute atomic E-state index is 1.29. The van der Waals surface area contributed by atoms with Gasteiger partial charge in [-0.05, 0) is 41.5 Å². The quantitative estimate of drug-likeness (QED) is 0.594. The second kappa shape index (κ2) is 4.87. The summed E-state index contributed by atoms with van der Waals surface area (Å²) in [5.74, 6) is 0. The van der Waals surface area contributed by atoms with Crippen LogP contribution in [-0.4, -0.2) is 0 Å². The summed E-state index contributed by atoms with van der Waals surface area (Å²) in [6.07, 6.45) is 0. The first-order valence-electron chi connectivity index (χ1n) is 6.06. The molecule has 0 nitrogen and oxygen atoms in total. The fourth-order valence-corrected chi connectivity index (χ4v) is 3.08. The lowest BCUT2D eigenvalue weighted by molar-refractivity contribution is 1.33. The first-order chi connectivity index (χ1) is 8.84. The number of hydrogen-bond acceptors (Lipinski definition) is 1. The summed E-state index contributed by atoms with van der Waals surface area (Å²) in [5.41, 5.74) is 1.36. The Hall–Kier alpha value is -1.73. The third kappa shape index (κ3) is 2.14. The molecular weight excluding hydrogens is 236 g/mol. The van der Waals surface area contributed by atoms with Gasteiger partial charge in [0.25, 0.3) is 0 Å². The SMILES string of the molecule is Cc1c(Sc2ccccc2)ccc2ccccc12. The highest BCUT2D eigenvalue weighted by Crippen LogP contribution is 2.33. The molecule has 0 aromatic heterocycles. The van der Waals surface area contributed by atoms with Crippen LogP contribution in [-0.2, 0) is 0 Å². The molecule has 3 rings (SSSR count). The zero-order valence-electron chi connectivity index (χ0n) is 10.3. The zero-order chi connectivity index (χ0) is 12.4. The second-order valence-electron chi connectivity index (χ2n) is 4.32. The largest absolute Gasteiger partial charge is 0.0898 e. The maximum absolute atomic E-state index is 2.22. The third-order valence-corrected chi connectivity index (χ3v) is 4.29. The van der Waals surface area contributed by atoms with E-state index < -0.39 is 0 Å². The molecule has 0 fully saturated rings. The number of hydrogen-bond donors (Lipinski definition) is 0. The molecule has 0 bridgehead atoms. The van der Waals surface area contributed by atoms with E-state index >= 15 is 0 Å². The average Bonchev–Trinajstić information content (AvgIpc) is 2.43. The van der Waals surface area contributed by atoms with Gasteiger partial charge in [-0.1, -0.05) is 60.3 Å². The minimum atomic E-state index is 1.29. The maximum Gasteiger partial charge on any atom is 0.0157 e. The highest BCUT2D eigenvalue weighted by Gasteiger charge is 2.04. The lowest BCUT2D eigenvalue weighted by Gasteiger charge is -2.09. The first-order valence-corrected chi connectivity index (χ1v) is 6.87. The van der Waals surface area contributed by atoms with Crippen LogP contribution in [0.5, 0.6) is 0 Å². The van der Waals surface area contributed by atoms with Gasteiger partial charge in [-0.25, -0.2) is 0 Å². The Morgan fingerprint density at radius 2 is 1.44 bits per heavy atom. The van der Waals surface area contributed by atoms with Crippen molar-refractivity contribution in [3.05, 3.63) is 72.3 Å². The normalized spacial score (nSPS) is 10.7. The smallest absolute Gasteiger partial charge is 0.0157 e. The Kier molecular flexibility index (Phi) is 3.07. The molecule has 3 aromatic rings. The fourth-order valence-electron chi connectivity index (χ4n) is 2.13. The van der Waals surface area contributed by atoms with Gasteiger partial charge in [0.1, 0.15) is 0 Å². The summed E-state index contributed by atoms with van der Waals surface area (Å²) in [4.78, 5) is 2.62. The molecule has 0 unspecified atom stereocenters. The van der Waals surface area contributed by atoms with E-state index in [2.05, 4.69) is 73.7 Å². The van der Waals surface area contributed by atoms with Crippen LogP contribution in [0.4, 0.5) is 0 Å². The van der Waals surface area contributed by atoms with Gasteiger partial charge in [0.15, 0.2) is 0 Å². The summed E-state index contributed by atoms with van der Waals surface area (Å²) in [6.45, 7) is 2.20. The van der Waals surface area contributed by atoms with Crippen LogP contribution in [0.25, 0.3) is 10.8 Å². The zero-order valence-corrected chi connectivity index (χ0v) is 11.1. The number of rotatable bonds is 2. The van der Waals surface area contributed by atoms with Gasteiger partial charge < -0.3 is 0 Å². The van der Waals surface area contributed by atoms with Gasteiger partial charge in [0.05, 0.1) is 0 Å². The Morgan fingerprint density at radius 3 is 2.28 bits per heavy atom. The molecule has 0 aliphatic heterocycles. The molecule has 0 saturated heterocycles. The van der Waals surface area contributed by atoms with Gasteiger partial charge in [-0.2, -0.15) is 0 Å². The van der Waals surface area contributed by atoms with Crippen LogP contribution in [0.3, 0.4) is 0 Å². The Bertz CT molecular complexity index is 672. The monoisotopic (exact) mass is 250 g/mol. The third-order valence-electron chi connectivity index (χ3n) is 3.12. The van der Waals surface area contributed by atoms with Crippen molar-refractivity contribution in [2.24, 2.45) is 0 Å². The van der Waals surface area contributed by atoms with Crippen molar-refractivity contribution in [2.75, 3.05) is 0 Å². The van der Waals surface area contributed by atoms with Gasteiger partial charge >= 0.3 is 0 Å². The van der Waals surface area contributed by atoms with Crippen molar-refractivity contribution in [1.29, 1.82) is 0 Å². The molecule has 18 heavy (non-hydrogen) atoms. The van der Waals surface area contributed by atoms with Crippen LogP contribution in [0.15, 0.2) is 76.5 Å². The van der Waals surface area contributed by atoms with Crippen LogP contribution < -0.4 is 0 Å². The van der Waals surface area contributed by atoms with Gasteiger partial charge in [-0.15, -0.1) is 0 Å². The number of benzene rings is 3. The Labute approximate surface area is 112 Å². The van der Waals surface area contributed by atoms with Crippen molar-refractivity contribution < 1.29 is 0 Å². The lowest BCUT2D eigenvalue weighted by Crippen LogP contribution is -1.83. The molecule has 0 spiro atoms. The van der Waals surface area contributed by atoms with Crippen molar-refractivity contribution in [3.63, 3.8) is 0 Å². The maximum atomic E-state index is 2.22. The van der Waals surface area contributed by atoms with Crippen LogP contribution in [0.2, 0.25) is 0 Å². The van der Waals surface area contributed by atoms with Crippen molar-refractivity contribution in [1.82, 2.24) is 0 Å². The predicted octanol–water partition coefficient (Wildman–Crippen LogP) is 5.30. The van der Waals surface area contributed by atoms with Crippen molar-refractivity contribution in [2.45, 2.75) is 16.7 Å².